The average Bonchev–Trinajstić information content (AvgIpc) is 3.55. The first-order chi connectivity index (χ1) is 16.6. The second-order valence-corrected chi connectivity index (χ2v) is 9.40. The maximum absolute atomic E-state index is 13.6. The Kier molecular flexibility index (Phi) is 6.28. The van der Waals surface area contributed by atoms with Crippen molar-refractivity contribution in [3.63, 3.8) is 0 Å². The molecular formula is C27H32N6O. The van der Waals surface area contributed by atoms with Crippen molar-refractivity contribution in [2.75, 3.05) is 6.54 Å². The lowest BCUT2D eigenvalue weighted by Gasteiger charge is -2.30. The second-order valence-electron chi connectivity index (χ2n) is 9.40. The van der Waals surface area contributed by atoms with Crippen LogP contribution in [0.3, 0.4) is 0 Å². The van der Waals surface area contributed by atoms with Gasteiger partial charge in [-0.25, -0.2) is 4.68 Å². The van der Waals surface area contributed by atoms with Gasteiger partial charge < -0.3 is 4.98 Å². The van der Waals surface area contributed by atoms with Gasteiger partial charge in [-0.2, -0.15) is 0 Å². The lowest BCUT2D eigenvalue weighted by molar-refractivity contribution is 0.210. The van der Waals surface area contributed by atoms with Gasteiger partial charge in [0.25, 0.3) is 5.56 Å². The molecule has 7 nitrogen and oxygen atoms in total. The maximum atomic E-state index is 13.6. The minimum atomic E-state index is -0.351. The van der Waals surface area contributed by atoms with Crippen molar-refractivity contribution in [3.8, 4) is 0 Å². The molecule has 2 aromatic carbocycles. The number of fused-ring (bicyclic) bond motifs is 1. The van der Waals surface area contributed by atoms with Crippen LogP contribution in [-0.4, -0.2) is 36.6 Å². The van der Waals surface area contributed by atoms with Crippen molar-refractivity contribution in [1.29, 1.82) is 0 Å². The monoisotopic (exact) mass is 456 g/mol. The fourth-order valence-electron chi connectivity index (χ4n) is 5.24. The minimum absolute atomic E-state index is 0.0846. The van der Waals surface area contributed by atoms with Crippen molar-refractivity contribution in [1.82, 2.24) is 30.1 Å². The molecule has 7 heteroatoms. The van der Waals surface area contributed by atoms with Crippen LogP contribution in [0.5, 0.6) is 0 Å². The molecule has 4 aromatic rings. The van der Waals surface area contributed by atoms with Gasteiger partial charge in [0.1, 0.15) is 6.04 Å². The zero-order valence-corrected chi connectivity index (χ0v) is 20.2. The summed E-state index contributed by atoms with van der Waals surface area (Å²) in [7, 11) is 0. The number of pyridine rings is 1. The van der Waals surface area contributed by atoms with Crippen molar-refractivity contribution in [2.45, 2.75) is 65.1 Å². The number of tetrazole rings is 1. The molecule has 2 aromatic heterocycles. The molecule has 0 radical (unpaired) electrons. The summed E-state index contributed by atoms with van der Waals surface area (Å²) in [6.07, 6.45) is 4.51. The van der Waals surface area contributed by atoms with E-state index in [4.69, 9.17) is 0 Å². The van der Waals surface area contributed by atoms with Crippen molar-refractivity contribution in [3.05, 3.63) is 87.0 Å². The Morgan fingerprint density at radius 2 is 1.88 bits per heavy atom. The van der Waals surface area contributed by atoms with E-state index in [0.717, 1.165) is 47.2 Å². The highest BCUT2D eigenvalue weighted by atomic mass is 16.1. The van der Waals surface area contributed by atoms with Crippen LogP contribution in [-0.2, 0) is 6.54 Å². The number of nitrogens with zero attached hydrogens (tertiary/aromatic N) is 5. The van der Waals surface area contributed by atoms with E-state index in [2.05, 4.69) is 82.6 Å². The lowest BCUT2D eigenvalue weighted by Crippen LogP contribution is -2.35. The Bertz CT molecular complexity index is 1340. The van der Waals surface area contributed by atoms with Gasteiger partial charge in [-0.15, -0.1) is 5.10 Å². The molecule has 1 fully saturated rings. The molecule has 1 aliphatic rings. The summed E-state index contributed by atoms with van der Waals surface area (Å²) in [5, 5.41) is 14.0. The van der Waals surface area contributed by atoms with E-state index in [1.54, 1.807) is 0 Å². The third-order valence-corrected chi connectivity index (χ3v) is 7.31. The average molecular weight is 457 g/mol. The predicted molar refractivity (Wildman–Crippen MR) is 134 cm³/mol. The number of hydrogen-bond donors (Lipinski definition) is 1. The van der Waals surface area contributed by atoms with Crippen molar-refractivity contribution < 1.29 is 0 Å². The van der Waals surface area contributed by atoms with Crippen LogP contribution < -0.4 is 5.56 Å². The summed E-state index contributed by atoms with van der Waals surface area (Å²) in [6, 6.07) is 16.5. The van der Waals surface area contributed by atoms with E-state index >= 15 is 0 Å². The molecule has 0 amide bonds. The normalized spacial score (nSPS) is 15.4. The van der Waals surface area contributed by atoms with E-state index in [1.807, 2.05) is 16.8 Å². The molecule has 0 saturated heterocycles. The van der Waals surface area contributed by atoms with Crippen LogP contribution in [0.25, 0.3) is 10.9 Å². The van der Waals surface area contributed by atoms with E-state index in [-0.39, 0.29) is 17.6 Å². The molecule has 34 heavy (non-hydrogen) atoms. The molecule has 1 aliphatic carbocycles. The Morgan fingerprint density at radius 3 is 2.62 bits per heavy atom. The number of benzene rings is 2. The van der Waals surface area contributed by atoms with Crippen LogP contribution in [0.15, 0.2) is 53.3 Å². The Labute approximate surface area is 199 Å². The van der Waals surface area contributed by atoms with Gasteiger partial charge in [0.05, 0.1) is 11.6 Å². The first-order valence-electron chi connectivity index (χ1n) is 12.3. The summed E-state index contributed by atoms with van der Waals surface area (Å²) in [6.45, 7) is 7.70. The largest absolute Gasteiger partial charge is 0.321 e. The summed E-state index contributed by atoms with van der Waals surface area (Å²) in [5.41, 5.74) is 4.95. The Balaban J connectivity index is 1.67. The zero-order valence-electron chi connectivity index (χ0n) is 20.2. The minimum Gasteiger partial charge on any atom is -0.321 e. The van der Waals surface area contributed by atoms with E-state index < -0.39 is 0 Å². The number of nitrogens with one attached hydrogen (secondary N) is 1. The molecule has 1 atom stereocenters. The lowest BCUT2D eigenvalue weighted by atomic mass is 9.99. The van der Waals surface area contributed by atoms with Crippen molar-refractivity contribution >= 4 is 10.9 Å². The summed E-state index contributed by atoms with van der Waals surface area (Å²) in [5.74, 6) is 0.748. The quantitative estimate of drug-likeness (QED) is 0.430. The van der Waals surface area contributed by atoms with Gasteiger partial charge >= 0.3 is 0 Å². The molecule has 1 saturated carbocycles. The fraction of sp³-hybridized carbons (Fsp3) is 0.407. The number of hydrogen-bond acceptors (Lipinski definition) is 5. The Hall–Kier alpha value is -3.32. The first kappa shape index (κ1) is 22.5. The highest BCUT2D eigenvalue weighted by Crippen LogP contribution is 2.34. The van der Waals surface area contributed by atoms with Crippen LogP contribution in [0.2, 0.25) is 0 Å². The van der Waals surface area contributed by atoms with Gasteiger partial charge in [-0.1, -0.05) is 62.2 Å². The summed E-state index contributed by atoms with van der Waals surface area (Å²) >= 11 is 0. The van der Waals surface area contributed by atoms with Gasteiger partial charge in [0, 0.05) is 12.1 Å². The van der Waals surface area contributed by atoms with Crippen LogP contribution in [0, 0.1) is 13.8 Å². The molecule has 2 heterocycles. The number of rotatable bonds is 7. The van der Waals surface area contributed by atoms with E-state index in [0.29, 0.717) is 12.1 Å². The molecule has 0 aliphatic heterocycles. The number of aromatic amines is 1. The molecule has 1 N–H and O–H groups in total. The third-order valence-electron chi connectivity index (χ3n) is 7.31. The number of aromatic nitrogens is 5. The molecule has 5 rings (SSSR count). The maximum Gasteiger partial charge on any atom is 0.253 e. The van der Waals surface area contributed by atoms with Crippen LogP contribution >= 0.6 is 0 Å². The first-order valence-corrected chi connectivity index (χ1v) is 12.3. The smallest absolute Gasteiger partial charge is 0.253 e. The van der Waals surface area contributed by atoms with Gasteiger partial charge in [-0.3, -0.25) is 9.69 Å². The third kappa shape index (κ3) is 4.16. The molecule has 0 bridgehead atoms. The van der Waals surface area contributed by atoms with Crippen LogP contribution in [0.4, 0.5) is 0 Å². The summed E-state index contributed by atoms with van der Waals surface area (Å²) in [4.78, 5) is 19.1. The van der Waals surface area contributed by atoms with Gasteiger partial charge in [-0.05, 0) is 71.8 Å². The molecule has 0 unspecified atom stereocenters. The van der Waals surface area contributed by atoms with Crippen LogP contribution in [0.1, 0.15) is 72.8 Å². The number of H-pyrrole nitrogens is 1. The van der Waals surface area contributed by atoms with Crippen molar-refractivity contribution in [2.24, 2.45) is 0 Å². The van der Waals surface area contributed by atoms with Gasteiger partial charge in [0.15, 0.2) is 5.82 Å². The summed E-state index contributed by atoms with van der Waals surface area (Å²) < 4.78 is 1.98. The number of aryl methyl sites for hydroxylation is 2. The van der Waals surface area contributed by atoms with E-state index in [9.17, 15) is 4.79 Å². The highest BCUT2D eigenvalue weighted by Gasteiger charge is 2.32. The Morgan fingerprint density at radius 1 is 1.12 bits per heavy atom. The van der Waals surface area contributed by atoms with E-state index in [1.165, 1.54) is 18.4 Å². The standard InChI is InChI=1S/C27H32N6O/c1-4-32(17-20-10-6-5-7-11-20)25(26-29-30-31-33(26)22-12-8-9-13-22)23-16-21-15-14-18(2)19(3)24(21)28-27(23)34/h5-7,10-11,14-16,22,25H,4,8-9,12-13,17H2,1-3H3,(H,28,34)/t25-/m0/s1. The zero-order chi connectivity index (χ0) is 23.7. The highest BCUT2D eigenvalue weighted by molar-refractivity contribution is 5.83. The topological polar surface area (TPSA) is 79.7 Å². The molecule has 0 spiro atoms. The molecule has 176 valence electrons. The van der Waals surface area contributed by atoms with Gasteiger partial charge in [0.2, 0.25) is 0 Å². The SMILES string of the molecule is CCN(Cc1ccccc1)[C@@H](c1cc2ccc(C)c(C)c2[nH]c1=O)c1nnnn1C1CCCC1. The fourth-order valence-corrected chi connectivity index (χ4v) is 5.24. The molecular weight excluding hydrogens is 424 g/mol. The predicted octanol–water partition coefficient (Wildman–Crippen LogP) is 4.86. The second kappa shape index (κ2) is 9.50.